The molecule has 1 N–H and O–H groups in total. The van der Waals surface area contributed by atoms with E-state index in [4.69, 9.17) is 9.47 Å². The predicted octanol–water partition coefficient (Wildman–Crippen LogP) is 4.84. The first-order valence-corrected chi connectivity index (χ1v) is 13.5. The van der Waals surface area contributed by atoms with Crippen molar-refractivity contribution in [2.45, 2.75) is 58.7 Å². The Bertz CT molecular complexity index is 1410. The quantitative estimate of drug-likeness (QED) is 0.302. The molecule has 1 saturated heterocycles. The Morgan fingerprint density at radius 1 is 1.10 bits per heavy atom. The number of likely N-dealkylation sites (tertiary alicyclic amines) is 1. The number of methoxy groups -OCH3 is 1. The van der Waals surface area contributed by atoms with Crippen molar-refractivity contribution in [3.05, 3.63) is 70.7 Å². The van der Waals surface area contributed by atoms with Crippen molar-refractivity contribution in [2.24, 2.45) is 5.92 Å². The fraction of sp³-hybridized carbons (Fsp3) is 0.483. The number of nitrogens with zero attached hydrogens (tertiary/aromatic N) is 5. The summed E-state index contributed by atoms with van der Waals surface area (Å²) in [6, 6.07) is 14.2. The summed E-state index contributed by atoms with van der Waals surface area (Å²) in [6.07, 6.45) is 4.43. The predicted molar refractivity (Wildman–Crippen MR) is 155 cm³/mol. The monoisotopic (exact) mass is 554 g/mol. The van der Waals surface area contributed by atoms with E-state index in [0.717, 1.165) is 67.0 Å². The number of imidazole rings is 1. The second-order valence-corrected chi connectivity index (χ2v) is 10.6. The summed E-state index contributed by atoms with van der Waals surface area (Å²) in [7, 11) is 1.68. The second-order valence-electron chi connectivity index (χ2n) is 10.6. The van der Waals surface area contributed by atoms with Gasteiger partial charge in [-0.1, -0.05) is 32.0 Å². The fourth-order valence-corrected chi connectivity index (χ4v) is 5.43. The average molecular weight is 555 g/mol. The number of hydrogen-bond donors (Lipinski definition) is 1. The smallest absolute Gasteiger partial charge is 0.329 e. The highest BCUT2D eigenvalue weighted by molar-refractivity contribution is 5.85. The van der Waals surface area contributed by atoms with Crippen molar-refractivity contribution in [3.63, 3.8) is 0 Å². The zero-order valence-electron chi connectivity index (χ0n) is 23.2. The Labute approximate surface area is 235 Å². The molecule has 210 valence electrons. The van der Waals surface area contributed by atoms with Gasteiger partial charge < -0.3 is 14.4 Å². The Hall–Kier alpha value is -3.30. The van der Waals surface area contributed by atoms with Crippen LogP contribution in [0.3, 0.4) is 0 Å². The van der Waals surface area contributed by atoms with Crippen molar-refractivity contribution in [2.75, 3.05) is 26.7 Å². The number of benzene rings is 2. The number of rotatable bonds is 10. The molecule has 1 aliphatic rings. The molecule has 1 unspecified atom stereocenters. The van der Waals surface area contributed by atoms with Gasteiger partial charge in [0.2, 0.25) is 0 Å². The third-order valence-corrected chi connectivity index (χ3v) is 7.71. The molecule has 9 nitrogen and oxygen atoms in total. The Balaban J connectivity index is 0.00000353. The SMILES string of the molecule is COc1ccc(C)c(OC(CCN2CCC(n3c(=O)n(Cc4ncn[nH]4)c4ccccc43)CC2)C(C)C)c1.Cl. The van der Waals surface area contributed by atoms with Gasteiger partial charge in [-0.3, -0.25) is 14.2 Å². The molecule has 2 aromatic carbocycles. The van der Waals surface area contributed by atoms with Gasteiger partial charge >= 0.3 is 5.69 Å². The Kier molecular flexibility index (Phi) is 9.35. The molecule has 10 heteroatoms. The fourth-order valence-electron chi connectivity index (χ4n) is 5.43. The zero-order chi connectivity index (χ0) is 26.6. The Morgan fingerprint density at radius 3 is 2.51 bits per heavy atom. The topological polar surface area (TPSA) is 90.2 Å². The lowest BCUT2D eigenvalue weighted by Crippen LogP contribution is -2.40. The minimum atomic E-state index is 0. The summed E-state index contributed by atoms with van der Waals surface area (Å²) in [5.74, 6) is 2.78. The normalized spacial score (nSPS) is 15.4. The molecule has 4 aromatic rings. The van der Waals surface area contributed by atoms with Gasteiger partial charge in [0.05, 0.1) is 24.7 Å². The molecule has 2 aromatic heterocycles. The lowest BCUT2D eigenvalue weighted by atomic mass is 10.0. The van der Waals surface area contributed by atoms with E-state index in [9.17, 15) is 4.79 Å². The molecule has 1 fully saturated rings. The third-order valence-electron chi connectivity index (χ3n) is 7.71. The van der Waals surface area contributed by atoms with Crippen LogP contribution in [0.2, 0.25) is 0 Å². The molecule has 3 heterocycles. The maximum atomic E-state index is 13.6. The van der Waals surface area contributed by atoms with Crippen LogP contribution in [-0.4, -0.2) is 62.1 Å². The van der Waals surface area contributed by atoms with Crippen molar-refractivity contribution in [3.8, 4) is 11.5 Å². The van der Waals surface area contributed by atoms with Gasteiger partial charge in [0.25, 0.3) is 0 Å². The molecule has 1 atom stereocenters. The van der Waals surface area contributed by atoms with Gasteiger partial charge in [0.1, 0.15) is 29.8 Å². The van der Waals surface area contributed by atoms with E-state index in [1.54, 1.807) is 11.7 Å². The summed E-state index contributed by atoms with van der Waals surface area (Å²) in [6.45, 7) is 9.78. The van der Waals surface area contributed by atoms with Crippen LogP contribution in [0, 0.1) is 12.8 Å². The van der Waals surface area contributed by atoms with Gasteiger partial charge in [-0.05, 0) is 55.9 Å². The van der Waals surface area contributed by atoms with Crippen molar-refractivity contribution in [1.82, 2.24) is 29.2 Å². The molecule has 0 saturated carbocycles. The Morgan fingerprint density at radius 2 is 1.85 bits per heavy atom. The van der Waals surface area contributed by atoms with Gasteiger partial charge in [-0.25, -0.2) is 9.78 Å². The minimum absolute atomic E-state index is 0. The van der Waals surface area contributed by atoms with Gasteiger partial charge in [-0.2, -0.15) is 5.10 Å². The molecule has 0 radical (unpaired) electrons. The largest absolute Gasteiger partial charge is 0.497 e. The number of piperidine rings is 1. The maximum absolute atomic E-state index is 13.6. The van der Waals surface area contributed by atoms with Crippen LogP contribution in [0.5, 0.6) is 11.5 Å². The number of aromatic amines is 1. The number of aromatic nitrogens is 5. The molecule has 0 aliphatic carbocycles. The number of H-pyrrole nitrogens is 1. The molecule has 0 spiro atoms. The molecular formula is C29H39ClN6O3. The van der Waals surface area contributed by atoms with E-state index >= 15 is 0 Å². The first-order valence-electron chi connectivity index (χ1n) is 13.5. The van der Waals surface area contributed by atoms with E-state index in [1.165, 1.54) is 6.33 Å². The van der Waals surface area contributed by atoms with Gasteiger partial charge in [0, 0.05) is 31.7 Å². The standard InChI is InChI=1S/C29H38N6O3.ClH/c1-20(2)26(38-27-17-23(37-4)10-9-21(27)3)13-16-33-14-11-22(12-15-33)35-25-8-6-5-7-24(25)34(29(35)36)18-28-30-19-31-32-28;/h5-10,17,19-20,22,26H,11-16,18H2,1-4H3,(H,30,31,32);1H. The van der Waals surface area contributed by atoms with E-state index in [-0.39, 0.29) is 30.2 Å². The molecule has 39 heavy (non-hydrogen) atoms. The first kappa shape index (κ1) is 28.7. The van der Waals surface area contributed by atoms with Crippen LogP contribution in [0.25, 0.3) is 11.0 Å². The summed E-state index contributed by atoms with van der Waals surface area (Å²) in [5.41, 5.74) is 3.05. The maximum Gasteiger partial charge on any atom is 0.329 e. The number of aryl methyl sites for hydroxylation is 1. The molecule has 1 aliphatic heterocycles. The van der Waals surface area contributed by atoms with Crippen molar-refractivity contribution < 1.29 is 9.47 Å². The highest BCUT2D eigenvalue weighted by Crippen LogP contribution is 2.29. The molecule has 5 rings (SSSR count). The molecule has 0 amide bonds. The van der Waals surface area contributed by atoms with E-state index in [0.29, 0.717) is 18.3 Å². The van der Waals surface area contributed by atoms with Crippen LogP contribution in [-0.2, 0) is 6.54 Å². The highest BCUT2D eigenvalue weighted by Gasteiger charge is 2.26. The lowest BCUT2D eigenvalue weighted by molar-refractivity contribution is 0.109. The van der Waals surface area contributed by atoms with Crippen LogP contribution in [0.15, 0.2) is 53.6 Å². The van der Waals surface area contributed by atoms with Crippen LogP contribution >= 0.6 is 12.4 Å². The van der Waals surface area contributed by atoms with Crippen molar-refractivity contribution in [1.29, 1.82) is 0 Å². The average Bonchev–Trinajstić information content (AvgIpc) is 3.54. The number of hydrogen-bond acceptors (Lipinski definition) is 6. The minimum Gasteiger partial charge on any atom is -0.497 e. The lowest BCUT2D eigenvalue weighted by Gasteiger charge is -2.34. The van der Waals surface area contributed by atoms with E-state index in [1.807, 2.05) is 47.0 Å². The molecule has 0 bridgehead atoms. The van der Waals surface area contributed by atoms with Gasteiger partial charge in [0.15, 0.2) is 0 Å². The summed E-state index contributed by atoms with van der Waals surface area (Å²) in [5, 5.41) is 6.80. The summed E-state index contributed by atoms with van der Waals surface area (Å²) >= 11 is 0. The van der Waals surface area contributed by atoms with E-state index in [2.05, 4.69) is 40.9 Å². The number of ether oxygens (including phenoxy) is 2. The first-order chi connectivity index (χ1) is 18.4. The summed E-state index contributed by atoms with van der Waals surface area (Å²) in [4.78, 5) is 20.3. The van der Waals surface area contributed by atoms with Crippen LogP contribution in [0.4, 0.5) is 0 Å². The van der Waals surface area contributed by atoms with Crippen LogP contribution < -0.4 is 15.2 Å². The zero-order valence-corrected chi connectivity index (χ0v) is 24.0. The van der Waals surface area contributed by atoms with Crippen LogP contribution in [0.1, 0.15) is 50.5 Å². The summed E-state index contributed by atoms with van der Waals surface area (Å²) < 4.78 is 15.7. The third kappa shape index (κ3) is 6.31. The number of halogens is 1. The van der Waals surface area contributed by atoms with Crippen molar-refractivity contribution >= 4 is 23.4 Å². The number of para-hydroxylation sites is 2. The van der Waals surface area contributed by atoms with Gasteiger partial charge in [-0.15, -0.1) is 12.4 Å². The highest BCUT2D eigenvalue weighted by atomic mass is 35.5. The number of fused-ring (bicyclic) bond motifs is 1. The second kappa shape index (κ2) is 12.7. The number of nitrogens with one attached hydrogen (secondary N) is 1. The van der Waals surface area contributed by atoms with E-state index < -0.39 is 0 Å². The molecular weight excluding hydrogens is 516 g/mol.